The molecule has 0 atom stereocenters. The summed E-state index contributed by atoms with van der Waals surface area (Å²) in [7, 11) is -1.97. The molecule has 0 saturated carbocycles. The van der Waals surface area contributed by atoms with Gasteiger partial charge in [-0.2, -0.15) is 0 Å². The monoisotopic (exact) mass is 229 g/mol. The molecule has 0 saturated heterocycles. The van der Waals surface area contributed by atoms with Gasteiger partial charge in [-0.3, -0.25) is 10.1 Å². The van der Waals surface area contributed by atoms with E-state index in [1.807, 2.05) is 19.6 Å². The van der Waals surface area contributed by atoms with E-state index in [-0.39, 0.29) is 11.4 Å². The highest BCUT2D eigenvalue weighted by atomic mass is 28.4. The van der Waals surface area contributed by atoms with Gasteiger partial charge in [-0.1, -0.05) is 0 Å². The zero-order chi connectivity index (χ0) is 11.6. The SMILES string of the molecule is C[Si](C)(C)Oc1cc(F)ccc1[N+](=O)[O-]. The summed E-state index contributed by atoms with van der Waals surface area (Å²) in [5.74, 6) is -0.520. The van der Waals surface area contributed by atoms with E-state index >= 15 is 0 Å². The molecule has 82 valence electrons. The number of hydrogen-bond donors (Lipinski definition) is 0. The van der Waals surface area contributed by atoms with Crippen molar-refractivity contribution < 1.29 is 13.7 Å². The fourth-order valence-corrected chi connectivity index (χ4v) is 1.87. The van der Waals surface area contributed by atoms with Gasteiger partial charge < -0.3 is 4.43 Å². The molecule has 0 aliphatic carbocycles. The molecule has 0 heterocycles. The lowest BCUT2D eigenvalue weighted by molar-refractivity contribution is -0.385. The number of nitrogens with zero attached hydrogens (tertiary/aromatic N) is 1. The van der Waals surface area contributed by atoms with Crippen LogP contribution in [0.2, 0.25) is 19.6 Å². The first-order valence-corrected chi connectivity index (χ1v) is 7.83. The Bertz CT molecular complexity index is 389. The van der Waals surface area contributed by atoms with Crippen LogP contribution < -0.4 is 4.43 Å². The number of halogens is 1. The molecule has 0 fully saturated rings. The van der Waals surface area contributed by atoms with Gasteiger partial charge >= 0.3 is 5.69 Å². The van der Waals surface area contributed by atoms with Crippen molar-refractivity contribution in [2.45, 2.75) is 19.6 Å². The van der Waals surface area contributed by atoms with Crippen LogP contribution in [0.3, 0.4) is 0 Å². The van der Waals surface area contributed by atoms with E-state index in [1.165, 1.54) is 0 Å². The summed E-state index contributed by atoms with van der Waals surface area (Å²) in [6.07, 6.45) is 0. The van der Waals surface area contributed by atoms with Crippen LogP contribution in [0.15, 0.2) is 18.2 Å². The van der Waals surface area contributed by atoms with E-state index < -0.39 is 19.1 Å². The third-order valence-corrected chi connectivity index (χ3v) is 2.37. The van der Waals surface area contributed by atoms with Crippen molar-refractivity contribution in [2.75, 3.05) is 0 Å². The molecule has 0 aliphatic heterocycles. The Hall–Kier alpha value is -1.43. The van der Waals surface area contributed by atoms with E-state index in [0.717, 1.165) is 18.2 Å². The predicted molar refractivity (Wildman–Crippen MR) is 57.0 cm³/mol. The van der Waals surface area contributed by atoms with Crippen LogP contribution in [-0.2, 0) is 0 Å². The van der Waals surface area contributed by atoms with Crippen LogP contribution in [0.5, 0.6) is 5.75 Å². The molecule has 0 spiro atoms. The summed E-state index contributed by atoms with van der Waals surface area (Å²) in [5.41, 5.74) is -0.196. The van der Waals surface area contributed by atoms with E-state index in [4.69, 9.17) is 4.43 Å². The van der Waals surface area contributed by atoms with Gasteiger partial charge in [-0.15, -0.1) is 0 Å². The molecule has 0 aromatic heterocycles. The minimum atomic E-state index is -1.97. The number of rotatable bonds is 3. The third-order valence-electron chi connectivity index (χ3n) is 1.53. The van der Waals surface area contributed by atoms with Crippen molar-refractivity contribution in [2.24, 2.45) is 0 Å². The molecule has 0 bridgehead atoms. The molecule has 1 rings (SSSR count). The smallest absolute Gasteiger partial charge is 0.309 e. The topological polar surface area (TPSA) is 52.4 Å². The number of nitro groups is 1. The van der Waals surface area contributed by atoms with Crippen molar-refractivity contribution >= 4 is 14.0 Å². The van der Waals surface area contributed by atoms with Gasteiger partial charge in [0.05, 0.1) is 4.92 Å². The van der Waals surface area contributed by atoms with Crippen LogP contribution in [0.4, 0.5) is 10.1 Å². The zero-order valence-corrected chi connectivity index (χ0v) is 9.78. The number of benzene rings is 1. The van der Waals surface area contributed by atoms with E-state index in [1.54, 1.807) is 0 Å². The van der Waals surface area contributed by atoms with Crippen molar-refractivity contribution in [3.8, 4) is 5.75 Å². The van der Waals surface area contributed by atoms with E-state index in [2.05, 4.69) is 0 Å². The van der Waals surface area contributed by atoms with Crippen molar-refractivity contribution in [1.82, 2.24) is 0 Å². The summed E-state index contributed by atoms with van der Waals surface area (Å²) < 4.78 is 18.3. The second kappa shape index (κ2) is 3.97. The van der Waals surface area contributed by atoms with Crippen LogP contribution in [-0.4, -0.2) is 13.2 Å². The third kappa shape index (κ3) is 3.32. The Kier molecular flexibility index (Phi) is 3.08. The van der Waals surface area contributed by atoms with Crippen LogP contribution in [0.25, 0.3) is 0 Å². The Labute approximate surface area is 88.0 Å². The molecular weight excluding hydrogens is 217 g/mol. The Balaban J connectivity index is 3.13. The molecule has 0 aliphatic rings. The molecule has 0 amide bonds. The first-order chi connectivity index (χ1) is 6.79. The average Bonchev–Trinajstić information content (AvgIpc) is 1.99. The quantitative estimate of drug-likeness (QED) is 0.455. The summed E-state index contributed by atoms with van der Waals surface area (Å²) in [6, 6.07) is 3.22. The average molecular weight is 229 g/mol. The van der Waals surface area contributed by atoms with Crippen LogP contribution in [0.1, 0.15) is 0 Å². The predicted octanol–water partition coefficient (Wildman–Crippen LogP) is 2.95. The molecule has 6 heteroatoms. The first kappa shape index (κ1) is 11.6. The molecule has 1 aromatic rings. The lowest BCUT2D eigenvalue weighted by Crippen LogP contribution is -2.29. The number of hydrogen-bond acceptors (Lipinski definition) is 3. The molecule has 4 nitrogen and oxygen atoms in total. The second-order valence-electron chi connectivity index (χ2n) is 4.08. The minimum absolute atomic E-state index is 0.0131. The van der Waals surface area contributed by atoms with Gasteiger partial charge in [0, 0.05) is 12.1 Å². The van der Waals surface area contributed by atoms with Gasteiger partial charge in [-0.05, 0) is 25.7 Å². The summed E-state index contributed by atoms with van der Waals surface area (Å²) in [5, 5.41) is 10.6. The van der Waals surface area contributed by atoms with Gasteiger partial charge in [0.2, 0.25) is 8.32 Å². The highest BCUT2D eigenvalue weighted by Crippen LogP contribution is 2.29. The lowest BCUT2D eigenvalue weighted by Gasteiger charge is -2.18. The van der Waals surface area contributed by atoms with Crippen LogP contribution in [0, 0.1) is 15.9 Å². The Morgan fingerprint density at radius 2 is 2.00 bits per heavy atom. The maximum Gasteiger partial charge on any atom is 0.309 e. The van der Waals surface area contributed by atoms with Crippen molar-refractivity contribution in [1.29, 1.82) is 0 Å². The zero-order valence-electron chi connectivity index (χ0n) is 8.78. The molecule has 15 heavy (non-hydrogen) atoms. The Morgan fingerprint density at radius 3 is 2.47 bits per heavy atom. The normalized spacial score (nSPS) is 11.2. The summed E-state index contributed by atoms with van der Waals surface area (Å²) in [4.78, 5) is 10.1. The van der Waals surface area contributed by atoms with Crippen LogP contribution >= 0.6 is 0 Å². The van der Waals surface area contributed by atoms with Gasteiger partial charge in [0.25, 0.3) is 0 Å². The largest absolute Gasteiger partial charge is 0.540 e. The van der Waals surface area contributed by atoms with Crippen molar-refractivity contribution in [3.05, 3.63) is 34.1 Å². The standard InChI is InChI=1S/C9H12FNO3Si/c1-15(2,3)14-9-6-7(10)4-5-8(9)11(12)13/h4-6H,1-3H3. The molecule has 0 unspecified atom stereocenters. The van der Waals surface area contributed by atoms with E-state index in [0.29, 0.717) is 0 Å². The minimum Gasteiger partial charge on any atom is -0.540 e. The molecule has 0 radical (unpaired) electrons. The lowest BCUT2D eigenvalue weighted by atomic mass is 10.3. The number of nitro benzene ring substituents is 1. The fourth-order valence-electron chi connectivity index (χ4n) is 1.05. The van der Waals surface area contributed by atoms with Gasteiger partial charge in [0.1, 0.15) is 5.82 Å². The highest BCUT2D eigenvalue weighted by molar-refractivity contribution is 6.70. The van der Waals surface area contributed by atoms with E-state index in [9.17, 15) is 14.5 Å². The molecular formula is C9H12FNO3Si. The fraction of sp³-hybridized carbons (Fsp3) is 0.333. The maximum absolute atomic E-state index is 12.9. The second-order valence-corrected chi connectivity index (χ2v) is 8.51. The summed E-state index contributed by atoms with van der Waals surface area (Å²) >= 11 is 0. The molecule has 0 N–H and O–H groups in total. The molecule has 1 aromatic carbocycles. The van der Waals surface area contributed by atoms with Crippen molar-refractivity contribution in [3.63, 3.8) is 0 Å². The van der Waals surface area contributed by atoms with Gasteiger partial charge in [-0.25, -0.2) is 4.39 Å². The first-order valence-electron chi connectivity index (χ1n) is 4.42. The Morgan fingerprint density at radius 1 is 1.40 bits per heavy atom. The summed E-state index contributed by atoms with van der Waals surface area (Å²) in [6.45, 7) is 5.63. The van der Waals surface area contributed by atoms with Gasteiger partial charge in [0.15, 0.2) is 5.75 Å². The maximum atomic E-state index is 12.9. The highest BCUT2D eigenvalue weighted by Gasteiger charge is 2.23.